The van der Waals surface area contributed by atoms with Gasteiger partial charge in [-0.15, -0.1) is 0 Å². The standard InChI is InChI=1S/C28H30ClN5O6S/c1-20-5-8-22(9-6-20)41(38,39)33-13-11-32(12-14-33)27-24(29)3-2-4-25(27)30-28(35)23-19-21(34(36)37)7-10-26(23)31-15-17-40-18-16-31/h2-10,19H,11-18H2,1H3,(H,30,35). The Kier molecular flexibility index (Phi) is 8.45. The van der Waals surface area contributed by atoms with Gasteiger partial charge in [-0.2, -0.15) is 4.31 Å². The number of piperazine rings is 1. The number of sulfonamides is 1. The van der Waals surface area contributed by atoms with Crippen molar-refractivity contribution in [2.75, 3.05) is 67.6 Å². The Morgan fingerprint density at radius 3 is 2.29 bits per heavy atom. The molecule has 2 saturated heterocycles. The lowest BCUT2D eigenvalue weighted by Gasteiger charge is -2.36. The van der Waals surface area contributed by atoms with Crippen LogP contribution in [0.5, 0.6) is 0 Å². The number of nitrogens with zero attached hydrogens (tertiary/aromatic N) is 4. The maximum atomic E-state index is 13.6. The summed E-state index contributed by atoms with van der Waals surface area (Å²) in [6.07, 6.45) is 0. The van der Waals surface area contributed by atoms with Gasteiger partial charge >= 0.3 is 0 Å². The van der Waals surface area contributed by atoms with Gasteiger partial charge in [0, 0.05) is 51.4 Å². The van der Waals surface area contributed by atoms with Gasteiger partial charge in [0.05, 0.1) is 50.7 Å². The van der Waals surface area contributed by atoms with Gasteiger partial charge in [-0.25, -0.2) is 8.42 Å². The number of non-ortho nitro benzene ring substituents is 1. The largest absolute Gasteiger partial charge is 0.378 e. The Balaban J connectivity index is 1.38. The van der Waals surface area contributed by atoms with E-state index in [1.807, 2.05) is 16.7 Å². The van der Waals surface area contributed by atoms with Gasteiger partial charge in [-0.05, 0) is 37.3 Å². The first kappa shape index (κ1) is 28.8. The van der Waals surface area contributed by atoms with Crippen LogP contribution in [0.3, 0.4) is 0 Å². The lowest BCUT2D eigenvalue weighted by atomic mass is 10.1. The van der Waals surface area contributed by atoms with Gasteiger partial charge in [-0.1, -0.05) is 35.4 Å². The predicted octanol–water partition coefficient (Wildman–Crippen LogP) is 4.16. The maximum Gasteiger partial charge on any atom is 0.270 e. The molecule has 216 valence electrons. The molecule has 13 heteroatoms. The molecule has 0 saturated carbocycles. The summed E-state index contributed by atoms with van der Waals surface area (Å²) in [7, 11) is -3.65. The highest BCUT2D eigenvalue weighted by atomic mass is 35.5. The molecule has 1 N–H and O–H groups in total. The smallest absolute Gasteiger partial charge is 0.270 e. The lowest BCUT2D eigenvalue weighted by Crippen LogP contribution is -2.49. The Hall–Kier alpha value is -3.71. The molecule has 0 unspecified atom stereocenters. The number of amides is 1. The van der Waals surface area contributed by atoms with Crippen molar-refractivity contribution >= 4 is 50.3 Å². The first-order chi connectivity index (χ1) is 19.6. The first-order valence-corrected chi connectivity index (χ1v) is 15.0. The van der Waals surface area contributed by atoms with Crippen LogP contribution in [0.25, 0.3) is 0 Å². The van der Waals surface area contributed by atoms with Crippen LogP contribution in [-0.2, 0) is 14.8 Å². The van der Waals surface area contributed by atoms with E-state index in [0.29, 0.717) is 61.5 Å². The molecular formula is C28H30ClN5O6S. The van der Waals surface area contributed by atoms with Crippen LogP contribution in [0.1, 0.15) is 15.9 Å². The number of rotatable bonds is 7. The zero-order valence-corrected chi connectivity index (χ0v) is 24.0. The van der Waals surface area contributed by atoms with Crippen molar-refractivity contribution in [3.05, 3.63) is 86.9 Å². The number of carbonyl (C=O) groups excluding carboxylic acids is 1. The van der Waals surface area contributed by atoms with Gasteiger partial charge in [0.2, 0.25) is 10.0 Å². The highest BCUT2D eigenvalue weighted by Gasteiger charge is 2.30. The van der Waals surface area contributed by atoms with E-state index >= 15 is 0 Å². The fourth-order valence-electron chi connectivity index (χ4n) is 5.04. The second kappa shape index (κ2) is 12.0. The second-order valence-corrected chi connectivity index (χ2v) is 12.2. The topological polar surface area (TPSA) is 125 Å². The molecule has 3 aromatic carbocycles. The number of halogens is 1. The summed E-state index contributed by atoms with van der Waals surface area (Å²) in [4.78, 5) is 28.7. The monoisotopic (exact) mass is 599 g/mol. The van der Waals surface area contributed by atoms with Gasteiger partial charge in [0.1, 0.15) is 0 Å². The molecule has 2 fully saturated rings. The van der Waals surface area contributed by atoms with Crippen LogP contribution < -0.4 is 15.1 Å². The number of benzene rings is 3. The van der Waals surface area contributed by atoms with Crippen LogP contribution in [0.2, 0.25) is 5.02 Å². The molecule has 0 aliphatic carbocycles. The fraction of sp³-hybridized carbons (Fsp3) is 0.321. The number of morpholine rings is 1. The third-order valence-corrected chi connectivity index (χ3v) is 9.45. The van der Waals surface area contributed by atoms with Crippen LogP contribution in [0.15, 0.2) is 65.6 Å². The third-order valence-electron chi connectivity index (χ3n) is 7.24. The molecule has 0 radical (unpaired) electrons. The number of nitro groups is 1. The van der Waals surface area contributed by atoms with Crippen LogP contribution in [0, 0.1) is 17.0 Å². The van der Waals surface area contributed by atoms with Gasteiger partial charge in [0.25, 0.3) is 11.6 Å². The Labute approximate surface area is 243 Å². The minimum Gasteiger partial charge on any atom is -0.378 e. The minimum atomic E-state index is -3.65. The molecule has 0 bridgehead atoms. The van der Waals surface area contributed by atoms with Gasteiger partial charge in [0.15, 0.2) is 0 Å². The molecule has 0 spiro atoms. The highest BCUT2D eigenvalue weighted by molar-refractivity contribution is 7.89. The van der Waals surface area contributed by atoms with Gasteiger partial charge < -0.3 is 19.9 Å². The Morgan fingerprint density at radius 1 is 0.951 bits per heavy atom. The summed E-state index contributed by atoms with van der Waals surface area (Å²) in [5.74, 6) is -0.515. The zero-order chi connectivity index (χ0) is 29.1. The molecule has 1 amide bonds. The molecule has 0 aromatic heterocycles. The van der Waals surface area contributed by atoms with Crippen molar-refractivity contribution in [2.24, 2.45) is 0 Å². The van der Waals surface area contributed by atoms with Crippen molar-refractivity contribution in [1.82, 2.24) is 4.31 Å². The summed E-state index contributed by atoms with van der Waals surface area (Å²) in [6, 6.07) is 16.1. The highest BCUT2D eigenvalue weighted by Crippen LogP contribution is 2.36. The van der Waals surface area contributed by atoms with Gasteiger partial charge in [-0.3, -0.25) is 14.9 Å². The van der Waals surface area contributed by atoms with Crippen molar-refractivity contribution in [1.29, 1.82) is 0 Å². The summed E-state index contributed by atoms with van der Waals surface area (Å²) < 4.78 is 33.2. The summed E-state index contributed by atoms with van der Waals surface area (Å²) in [5.41, 5.74) is 2.52. The van der Waals surface area contributed by atoms with Crippen molar-refractivity contribution in [3.63, 3.8) is 0 Å². The van der Waals surface area contributed by atoms with Crippen molar-refractivity contribution in [3.8, 4) is 0 Å². The Morgan fingerprint density at radius 2 is 1.63 bits per heavy atom. The van der Waals surface area contributed by atoms with Crippen LogP contribution in [0.4, 0.5) is 22.7 Å². The number of ether oxygens (including phenoxy) is 1. The average molecular weight is 600 g/mol. The van der Waals surface area contributed by atoms with E-state index in [0.717, 1.165) is 5.56 Å². The number of aryl methyl sites for hydroxylation is 1. The normalized spacial score (nSPS) is 16.4. The third kappa shape index (κ3) is 6.15. The predicted molar refractivity (Wildman–Crippen MR) is 158 cm³/mol. The zero-order valence-electron chi connectivity index (χ0n) is 22.5. The number of para-hydroxylation sites is 1. The molecule has 5 rings (SSSR count). The van der Waals surface area contributed by atoms with E-state index < -0.39 is 20.9 Å². The lowest BCUT2D eigenvalue weighted by molar-refractivity contribution is -0.384. The number of nitrogens with one attached hydrogen (secondary N) is 1. The first-order valence-electron chi connectivity index (χ1n) is 13.2. The number of carbonyl (C=O) groups is 1. The van der Waals surface area contributed by atoms with E-state index in [1.165, 1.54) is 16.4 Å². The van der Waals surface area contributed by atoms with Crippen molar-refractivity contribution < 1.29 is 22.9 Å². The fourth-order valence-corrected chi connectivity index (χ4v) is 6.75. The van der Waals surface area contributed by atoms with E-state index in [2.05, 4.69) is 5.32 Å². The van der Waals surface area contributed by atoms with Crippen LogP contribution >= 0.6 is 11.6 Å². The quantitative estimate of drug-likeness (QED) is 0.317. The summed E-state index contributed by atoms with van der Waals surface area (Å²) >= 11 is 6.61. The number of hydrogen-bond donors (Lipinski definition) is 1. The number of hydrogen-bond acceptors (Lipinski definition) is 8. The number of nitro benzene ring substituents is 1. The molecule has 0 atom stereocenters. The van der Waals surface area contributed by atoms with E-state index in [4.69, 9.17) is 16.3 Å². The summed E-state index contributed by atoms with van der Waals surface area (Å²) in [6.45, 7) is 5.16. The number of anilines is 3. The minimum absolute atomic E-state index is 0.168. The average Bonchev–Trinajstić information content (AvgIpc) is 2.97. The van der Waals surface area contributed by atoms with E-state index in [9.17, 15) is 23.3 Å². The SMILES string of the molecule is Cc1ccc(S(=O)(=O)N2CCN(c3c(Cl)cccc3NC(=O)c3cc([N+](=O)[O-])ccc3N3CCOCC3)CC2)cc1. The van der Waals surface area contributed by atoms with Crippen molar-refractivity contribution in [2.45, 2.75) is 11.8 Å². The Bertz CT molecular complexity index is 1550. The second-order valence-electron chi connectivity index (χ2n) is 9.85. The van der Waals surface area contributed by atoms with E-state index in [-0.39, 0.29) is 29.2 Å². The summed E-state index contributed by atoms with van der Waals surface area (Å²) in [5, 5.41) is 14.8. The molecule has 2 aliphatic heterocycles. The molecule has 41 heavy (non-hydrogen) atoms. The molecule has 2 aliphatic rings. The van der Waals surface area contributed by atoms with Crippen LogP contribution in [-0.4, -0.2) is 76.0 Å². The molecule has 3 aromatic rings. The molecule has 2 heterocycles. The molecule has 11 nitrogen and oxygen atoms in total. The molecular weight excluding hydrogens is 570 g/mol. The van der Waals surface area contributed by atoms with E-state index in [1.54, 1.807) is 48.5 Å². The maximum absolute atomic E-state index is 13.6.